The van der Waals surface area contributed by atoms with Gasteiger partial charge in [0, 0.05) is 18.1 Å². The molecule has 0 aromatic carbocycles. The van der Waals surface area contributed by atoms with Gasteiger partial charge in [-0.25, -0.2) is 4.79 Å². The standard InChI is InChI=1S/C16H31N3O3/c1-16(2,3)19-14(20)11-17-13(10-18-15(21)22)9-12-7-5-4-6-8-12/h12-13,17-18H,4-11H2,1-3H3,(H,19,20)(H,21,22)/t13-/m1/s1. The number of carbonyl (C=O) groups is 2. The summed E-state index contributed by atoms with van der Waals surface area (Å²) in [5.74, 6) is 0.573. The van der Waals surface area contributed by atoms with Gasteiger partial charge in [-0.05, 0) is 33.1 Å². The van der Waals surface area contributed by atoms with E-state index in [-0.39, 0.29) is 24.0 Å². The fourth-order valence-corrected chi connectivity index (χ4v) is 2.97. The van der Waals surface area contributed by atoms with Crippen molar-refractivity contribution in [2.75, 3.05) is 13.1 Å². The number of carboxylic acid groups (broad SMARTS) is 1. The molecular weight excluding hydrogens is 282 g/mol. The lowest BCUT2D eigenvalue weighted by molar-refractivity contribution is -0.121. The van der Waals surface area contributed by atoms with E-state index in [1.165, 1.54) is 32.1 Å². The fraction of sp³-hybridized carbons (Fsp3) is 0.875. The zero-order valence-corrected chi connectivity index (χ0v) is 14.1. The third-order valence-electron chi connectivity index (χ3n) is 3.91. The lowest BCUT2D eigenvalue weighted by Gasteiger charge is -2.28. The molecule has 0 saturated heterocycles. The van der Waals surface area contributed by atoms with Crippen LogP contribution in [-0.4, -0.2) is 41.8 Å². The Morgan fingerprint density at radius 3 is 2.36 bits per heavy atom. The summed E-state index contributed by atoms with van der Waals surface area (Å²) in [7, 11) is 0. The summed E-state index contributed by atoms with van der Waals surface area (Å²) < 4.78 is 0. The second-order valence-corrected chi connectivity index (χ2v) is 7.30. The van der Waals surface area contributed by atoms with E-state index in [4.69, 9.17) is 5.11 Å². The molecule has 1 saturated carbocycles. The molecule has 0 aromatic heterocycles. The molecule has 6 nitrogen and oxygen atoms in total. The topological polar surface area (TPSA) is 90.5 Å². The van der Waals surface area contributed by atoms with Gasteiger partial charge in [0.1, 0.15) is 0 Å². The molecule has 2 amide bonds. The van der Waals surface area contributed by atoms with Crippen LogP contribution in [0.3, 0.4) is 0 Å². The van der Waals surface area contributed by atoms with Gasteiger partial charge in [-0.1, -0.05) is 32.1 Å². The zero-order chi connectivity index (χ0) is 16.6. The summed E-state index contributed by atoms with van der Waals surface area (Å²) in [4.78, 5) is 22.6. The Morgan fingerprint density at radius 1 is 1.18 bits per heavy atom. The normalized spacial score (nSPS) is 17.8. The molecular formula is C16H31N3O3. The fourth-order valence-electron chi connectivity index (χ4n) is 2.97. The lowest BCUT2D eigenvalue weighted by atomic mass is 9.85. The van der Waals surface area contributed by atoms with E-state index in [2.05, 4.69) is 16.0 Å². The highest BCUT2D eigenvalue weighted by Crippen LogP contribution is 2.27. The van der Waals surface area contributed by atoms with Crippen LogP contribution in [-0.2, 0) is 4.79 Å². The lowest BCUT2D eigenvalue weighted by Crippen LogP contribution is -2.49. The van der Waals surface area contributed by atoms with E-state index in [0.29, 0.717) is 12.5 Å². The Hall–Kier alpha value is -1.30. The van der Waals surface area contributed by atoms with Gasteiger partial charge in [-0.3, -0.25) is 4.79 Å². The average Bonchev–Trinajstić information content (AvgIpc) is 2.41. The molecule has 1 aliphatic carbocycles. The van der Waals surface area contributed by atoms with Crippen molar-refractivity contribution < 1.29 is 14.7 Å². The maximum Gasteiger partial charge on any atom is 0.404 e. The molecule has 0 radical (unpaired) electrons. The van der Waals surface area contributed by atoms with Crippen LogP contribution in [0, 0.1) is 5.92 Å². The minimum Gasteiger partial charge on any atom is -0.465 e. The van der Waals surface area contributed by atoms with E-state index < -0.39 is 6.09 Å². The summed E-state index contributed by atoms with van der Waals surface area (Å²) in [6, 6.07) is 0.00455. The number of hydrogen-bond donors (Lipinski definition) is 4. The molecule has 0 aliphatic heterocycles. The molecule has 128 valence electrons. The van der Waals surface area contributed by atoms with E-state index in [9.17, 15) is 9.59 Å². The number of hydrogen-bond acceptors (Lipinski definition) is 3. The van der Waals surface area contributed by atoms with Crippen LogP contribution >= 0.6 is 0 Å². The van der Waals surface area contributed by atoms with Gasteiger partial charge in [-0.15, -0.1) is 0 Å². The molecule has 1 fully saturated rings. The second-order valence-electron chi connectivity index (χ2n) is 7.30. The molecule has 0 bridgehead atoms. The van der Waals surface area contributed by atoms with Gasteiger partial charge >= 0.3 is 6.09 Å². The first kappa shape index (κ1) is 18.7. The third kappa shape index (κ3) is 8.87. The highest BCUT2D eigenvalue weighted by atomic mass is 16.4. The Kier molecular flexibility index (Phi) is 7.65. The Labute approximate surface area is 133 Å². The zero-order valence-electron chi connectivity index (χ0n) is 14.1. The molecule has 6 heteroatoms. The van der Waals surface area contributed by atoms with Crippen LogP contribution in [0.15, 0.2) is 0 Å². The Bertz CT molecular complexity index is 360. The van der Waals surface area contributed by atoms with Crippen LogP contribution in [0.5, 0.6) is 0 Å². The van der Waals surface area contributed by atoms with Crippen molar-refractivity contribution in [3.63, 3.8) is 0 Å². The van der Waals surface area contributed by atoms with Crippen molar-refractivity contribution in [3.8, 4) is 0 Å². The predicted molar refractivity (Wildman–Crippen MR) is 86.9 cm³/mol. The first-order chi connectivity index (χ1) is 10.3. The molecule has 0 unspecified atom stereocenters. The number of amides is 2. The average molecular weight is 313 g/mol. The van der Waals surface area contributed by atoms with Gasteiger partial charge in [-0.2, -0.15) is 0 Å². The minimum absolute atomic E-state index is 0.00455. The van der Waals surface area contributed by atoms with Gasteiger partial charge < -0.3 is 21.1 Å². The van der Waals surface area contributed by atoms with E-state index in [1.54, 1.807) is 0 Å². The van der Waals surface area contributed by atoms with Crippen molar-refractivity contribution in [1.82, 2.24) is 16.0 Å². The van der Waals surface area contributed by atoms with Crippen molar-refractivity contribution >= 4 is 12.0 Å². The van der Waals surface area contributed by atoms with Gasteiger partial charge in [0.2, 0.25) is 5.91 Å². The van der Waals surface area contributed by atoms with Gasteiger partial charge in [0.25, 0.3) is 0 Å². The maximum absolute atomic E-state index is 11.9. The van der Waals surface area contributed by atoms with Gasteiger partial charge in [0.15, 0.2) is 0 Å². The van der Waals surface area contributed by atoms with E-state index >= 15 is 0 Å². The summed E-state index contributed by atoms with van der Waals surface area (Å²) in [6.07, 6.45) is 6.13. The molecule has 1 rings (SSSR count). The van der Waals surface area contributed by atoms with Gasteiger partial charge in [0.05, 0.1) is 6.54 Å². The largest absolute Gasteiger partial charge is 0.465 e. The summed E-state index contributed by atoms with van der Waals surface area (Å²) in [5.41, 5.74) is -0.253. The Morgan fingerprint density at radius 2 is 1.82 bits per heavy atom. The summed E-state index contributed by atoms with van der Waals surface area (Å²) in [5, 5.41) is 17.3. The smallest absolute Gasteiger partial charge is 0.404 e. The SMILES string of the molecule is CC(C)(C)NC(=O)CN[C@@H](CNC(=O)O)CC1CCCCC1. The maximum atomic E-state index is 11.9. The minimum atomic E-state index is -1.02. The molecule has 1 atom stereocenters. The molecule has 0 aromatic rings. The number of nitrogens with one attached hydrogen (secondary N) is 3. The molecule has 4 N–H and O–H groups in total. The van der Waals surface area contributed by atoms with Crippen LogP contribution in [0.2, 0.25) is 0 Å². The van der Waals surface area contributed by atoms with Crippen molar-refractivity contribution in [2.45, 2.75) is 70.9 Å². The first-order valence-corrected chi connectivity index (χ1v) is 8.27. The van der Waals surface area contributed by atoms with E-state index in [1.807, 2.05) is 20.8 Å². The number of carbonyl (C=O) groups excluding carboxylic acids is 1. The monoisotopic (exact) mass is 313 g/mol. The van der Waals surface area contributed by atoms with Crippen LogP contribution < -0.4 is 16.0 Å². The van der Waals surface area contributed by atoms with Crippen molar-refractivity contribution in [3.05, 3.63) is 0 Å². The van der Waals surface area contributed by atoms with Crippen LogP contribution in [0.25, 0.3) is 0 Å². The second kappa shape index (κ2) is 8.98. The number of rotatable bonds is 7. The summed E-state index contributed by atoms with van der Waals surface area (Å²) in [6.45, 7) is 6.38. The van der Waals surface area contributed by atoms with Crippen molar-refractivity contribution in [2.24, 2.45) is 5.92 Å². The first-order valence-electron chi connectivity index (χ1n) is 8.27. The Balaban J connectivity index is 2.42. The molecule has 0 heterocycles. The van der Waals surface area contributed by atoms with Crippen molar-refractivity contribution in [1.29, 1.82) is 0 Å². The predicted octanol–water partition coefficient (Wildman–Crippen LogP) is 2.10. The third-order valence-corrected chi connectivity index (χ3v) is 3.91. The highest BCUT2D eigenvalue weighted by molar-refractivity contribution is 5.78. The van der Waals surface area contributed by atoms with E-state index in [0.717, 1.165) is 6.42 Å². The molecule has 22 heavy (non-hydrogen) atoms. The summed E-state index contributed by atoms with van der Waals surface area (Å²) >= 11 is 0. The highest BCUT2D eigenvalue weighted by Gasteiger charge is 2.21. The molecule has 1 aliphatic rings. The quantitative estimate of drug-likeness (QED) is 0.579. The van der Waals surface area contributed by atoms with Crippen LogP contribution in [0.4, 0.5) is 4.79 Å². The van der Waals surface area contributed by atoms with Crippen LogP contribution in [0.1, 0.15) is 59.3 Å². The molecule has 0 spiro atoms.